The summed E-state index contributed by atoms with van der Waals surface area (Å²) in [6.07, 6.45) is 5.06. The second-order valence-corrected chi connectivity index (χ2v) is 6.74. The van der Waals surface area contributed by atoms with Gasteiger partial charge in [0.05, 0.1) is 17.9 Å². The van der Waals surface area contributed by atoms with Gasteiger partial charge in [-0.1, -0.05) is 0 Å². The Morgan fingerprint density at radius 3 is 2.43 bits per heavy atom. The van der Waals surface area contributed by atoms with Crippen LogP contribution in [0.3, 0.4) is 0 Å². The molecule has 3 rings (SSSR count). The Morgan fingerprint density at radius 1 is 1.14 bits per heavy atom. The molecule has 2 amide bonds. The molecular weight excluding hydrogens is 272 g/mol. The molecule has 0 radical (unpaired) electrons. The van der Waals surface area contributed by atoms with Crippen LogP contribution in [0.5, 0.6) is 0 Å². The van der Waals surface area contributed by atoms with E-state index in [9.17, 15) is 14.4 Å². The second kappa shape index (κ2) is 5.31. The lowest BCUT2D eigenvalue weighted by Gasteiger charge is -2.33. The van der Waals surface area contributed by atoms with Crippen molar-refractivity contribution in [1.29, 1.82) is 0 Å². The Bertz CT molecular complexity index is 468. The van der Waals surface area contributed by atoms with E-state index in [1.807, 2.05) is 4.90 Å². The van der Waals surface area contributed by atoms with Crippen LogP contribution in [0.4, 0.5) is 0 Å². The summed E-state index contributed by atoms with van der Waals surface area (Å²) in [5.74, 6) is -0.760. The number of amides is 2. The summed E-state index contributed by atoms with van der Waals surface area (Å²) in [6, 6.07) is 0. The molecule has 2 saturated carbocycles. The van der Waals surface area contributed by atoms with Gasteiger partial charge in [0.2, 0.25) is 11.8 Å². The first-order valence-electron chi connectivity index (χ1n) is 7.82. The second-order valence-electron chi connectivity index (χ2n) is 6.74. The van der Waals surface area contributed by atoms with E-state index in [1.54, 1.807) is 0 Å². The molecule has 2 aliphatic carbocycles. The third-order valence-corrected chi connectivity index (χ3v) is 4.76. The van der Waals surface area contributed by atoms with Crippen LogP contribution in [0.2, 0.25) is 0 Å². The highest BCUT2D eigenvalue weighted by molar-refractivity contribution is 5.84. The van der Waals surface area contributed by atoms with Gasteiger partial charge in [-0.15, -0.1) is 0 Å². The number of hydrogen-bond donors (Lipinski definition) is 2. The number of hydrogen-bond acceptors (Lipinski definition) is 3. The van der Waals surface area contributed by atoms with Gasteiger partial charge in [-0.3, -0.25) is 14.4 Å². The Kier molecular flexibility index (Phi) is 3.63. The average molecular weight is 294 g/mol. The lowest BCUT2D eigenvalue weighted by Crippen LogP contribution is -2.49. The predicted molar refractivity (Wildman–Crippen MR) is 74.4 cm³/mol. The van der Waals surface area contributed by atoms with E-state index in [0.29, 0.717) is 6.54 Å². The van der Waals surface area contributed by atoms with E-state index >= 15 is 0 Å². The number of carboxylic acids is 1. The van der Waals surface area contributed by atoms with Crippen LogP contribution in [0, 0.1) is 11.8 Å². The van der Waals surface area contributed by atoms with Crippen LogP contribution in [0.25, 0.3) is 0 Å². The van der Waals surface area contributed by atoms with Crippen molar-refractivity contribution in [2.24, 2.45) is 11.8 Å². The summed E-state index contributed by atoms with van der Waals surface area (Å²) in [6.45, 7) is 1.24. The van der Waals surface area contributed by atoms with E-state index < -0.39 is 11.5 Å². The van der Waals surface area contributed by atoms with Crippen LogP contribution in [0.1, 0.15) is 44.9 Å². The average Bonchev–Trinajstić information content (AvgIpc) is 3.33. The molecule has 6 nitrogen and oxygen atoms in total. The van der Waals surface area contributed by atoms with Gasteiger partial charge in [-0.25, -0.2) is 0 Å². The van der Waals surface area contributed by atoms with Gasteiger partial charge >= 0.3 is 5.97 Å². The quantitative estimate of drug-likeness (QED) is 0.783. The standard InChI is InChI=1S/C15H22N2O4/c18-12(19)8-15(5-6-15)16-13(20)11-2-1-7-17(9-11)14(21)10-3-4-10/h10-11H,1-9H2,(H,16,20)(H,18,19). The highest BCUT2D eigenvalue weighted by Crippen LogP contribution is 2.39. The summed E-state index contributed by atoms with van der Waals surface area (Å²) in [5, 5.41) is 11.8. The van der Waals surface area contributed by atoms with Crippen molar-refractivity contribution in [2.45, 2.75) is 50.5 Å². The van der Waals surface area contributed by atoms with E-state index in [1.165, 1.54) is 0 Å². The molecule has 0 aromatic rings. The van der Waals surface area contributed by atoms with Crippen molar-refractivity contribution in [3.05, 3.63) is 0 Å². The lowest BCUT2D eigenvalue weighted by molar-refractivity contribution is -0.138. The van der Waals surface area contributed by atoms with Gasteiger partial charge in [0.1, 0.15) is 0 Å². The van der Waals surface area contributed by atoms with Crippen molar-refractivity contribution in [3.63, 3.8) is 0 Å². The maximum Gasteiger partial charge on any atom is 0.305 e. The monoisotopic (exact) mass is 294 g/mol. The number of nitrogens with zero attached hydrogens (tertiary/aromatic N) is 1. The Hall–Kier alpha value is -1.59. The predicted octanol–water partition coefficient (Wildman–Crippen LogP) is 0.758. The largest absolute Gasteiger partial charge is 0.481 e. The number of nitrogens with one attached hydrogen (secondary N) is 1. The number of aliphatic carboxylic acids is 1. The zero-order valence-electron chi connectivity index (χ0n) is 12.1. The molecule has 0 aromatic heterocycles. The molecule has 0 bridgehead atoms. The molecule has 1 heterocycles. The number of rotatable bonds is 5. The van der Waals surface area contributed by atoms with Crippen molar-refractivity contribution < 1.29 is 19.5 Å². The SMILES string of the molecule is O=C(O)CC1(NC(=O)C2CCCN(C(=O)C3CC3)C2)CC1. The number of piperidine rings is 1. The molecular formula is C15H22N2O4. The van der Waals surface area contributed by atoms with E-state index in [4.69, 9.17) is 5.11 Å². The first kappa shape index (κ1) is 14.4. The van der Waals surface area contributed by atoms with Gasteiger partial charge < -0.3 is 15.3 Å². The molecule has 1 unspecified atom stereocenters. The first-order chi connectivity index (χ1) is 9.99. The fourth-order valence-electron chi connectivity index (χ4n) is 3.13. The molecule has 0 spiro atoms. The van der Waals surface area contributed by atoms with E-state index in [2.05, 4.69) is 5.32 Å². The smallest absolute Gasteiger partial charge is 0.305 e. The van der Waals surface area contributed by atoms with E-state index in [-0.39, 0.29) is 30.1 Å². The molecule has 3 fully saturated rings. The number of carbonyl (C=O) groups excluding carboxylic acids is 2. The molecule has 21 heavy (non-hydrogen) atoms. The van der Waals surface area contributed by atoms with E-state index in [0.717, 1.165) is 45.1 Å². The number of likely N-dealkylation sites (tertiary alicyclic amines) is 1. The fraction of sp³-hybridized carbons (Fsp3) is 0.800. The third-order valence-electron chi connectivity index (χ3n) is 4.76. The van der Waals surface area contributed by atoms with Gasteiger partial charge in [0, 0.05) is 19.0 Å². The minimum atomic E-state index is -0.873. The summed E-state index contributed by atoms with van der Waals surface area (Å²) < 4.78 is 0. The van der Waals surface area contributed by atoms with Crippen LogP contribution < -0.4 is 5.32 Å². The molecule has 3 aliphatic rings. The molecule has 1 aliphatic heterocycles. The van der Waals surface area contributed by atoms with Crippen molar-refractivity contribution in [2.75, 3.05) is 13.1 Å². The zero-order chi connectivity index (χ0) is 15.0. The third kappa shape index (κ3) is 3.36. The van der Waals surface area contributed by atoms with Gasteiger partial charge in [0.25, 0.3) is 0 Å². The highest BCUT2D eigenvalue weighted by atomic mass is 16.4. The zero-order valence-corrected chi connectivity index (χ0v) is 12.1. The molecule has 1 atom stereocenters. The maximum absolute atomic E-state index is 12.3. The maximum atomic E-state index is 12.3. The van der Waals surface area contributed by atoms with Crippen LogP contribution in [-0.4, -0.2) is 46.4 Å². The number of carbonyl (C=O) groups is 3. The summed E-state index contributed by atoms with van der Waals surface area (Å²) in [5.41, 5.74) is -0.522. The molecule has 0 aromatic carbocycles. The van der Waals surface area contributed by atoms with Gasteiger partial charge in [0.15, 0.2) is 0 Å². The summed E-state index contributed by atoms with van der Waals surface area (Å²) >= 11 is 0. The molecule has 2 N–H and O–H groups in total. The normalized spacial score (nSPS) is 27.0. The highest BCUT2D eigenvalue weighted by Gasteiger charge is 2.47. The van der Waals surface area contributed by atoms with Gasteiger partial charge in [-0.2, -0.15) is 0 Å². The van der Waals surface area contributed by atoms with Gasteiger partial charge in [-0.05, 0) is 38.5 Å². The van der Waals surface area contributed by atoms with Crippen molar-refractivity contribution in [1.82, 2.24) is 10.2 Å². The Labute approximate surface area is 123 Å². The summed E-state index contributed by atoms with van der Waals surface area (Å²) in [4.78, 5) is 37.1. The fourth-order valence-corrected chi connectivity index (χ4v) is 3.13. The Morgan fingerprint density at radius 2 is 1.86 bits per heavy atom. The Balaban J connectivity index is 1.54. The van der Waals surface area contributed by atoms with Crippen LogP contribution in [-0.2, 0) is 14.4 Å². The minimum Gasteiger partial charge on any atom is -0.481 e. The topological polar surface area (TPSA) is 86.7 Å². The van der Waals surface area contributed by atoms with Crippen LogP contribution >= 0.6 is 0 Å². The molecule has 116 valence electrons. The first-order valence-corrected chi connectivity index (χ1v) is 7.82. The van der Waals surface area contributed by atoms with Crippen molar-refractivity contribution >= 4 is 17.8 Å². The molecule has 6 heteroatoms. The molecule has 1 saturated heterocycles. The lowest BCUT2D eigenvalue weighted by atomic mass is 9.96. The summed E-state index contributed by atoms with van der Waals surface area (Å²) in [7, 11) is 0. The van der Waals surface area contributed by atoms with Crippen LogP contribution in [0.15, 0.2) is 0 Å². The minimum absolute atomic E-state index is 0.00379. The number of carboxylic acid groups (broad SMARTS) is 1. The van der Waals surface area contributed by atoms with Crippen molar-refractivity contribution in [3.8, 4) is 0 Å².